The molecular formula is C44H42N4Si. The molecule has 49 heavy (non-hydrogen) atoms. The Morgan fingerprint density at radius 1 is 0.367 bits per heavy atom. The van der Waals surface area contributed by atoms with Crippen LogP contribution in [0.5, 0.6) is 0 Å². The normalized spacial score (nSPS) is 14.7. The average molecular weight is 655 g/mol. The molecule has 0 aliphatic carbocycles. The Morgan fingerprint density at radius 3 is 1.06 bits per heavy atom. The minimum Gasteiger partial charge on any atom is -0.255 e. The zero-order valence-corrected chi connectivity index (χ0v) is 30.1. The van der Waals surface area contributed by atoms with Gasteiger partial charge in [-0.25, -0.2) is 9.97 Å². The van der Waals surface area contributed by atoms with Crippen LogP contribution < -0.4 is 0 Å². The Morgan fingerprint density at radius 2 is 0.714 bits per heavy atom. The van der Waals surface area contributed by atoms with Gasteiger partial charge in [-0.1, -0.05) is 126 Å². The number of aromatic nitrogens is 4. The summed E-state index contributed by atoms with van der Waals surface area (Å²) in [6, 6.07) is 46.7. The van der Waals surface area contributed by atoms with E-state index in [0.29, 0.717) is 0 Å². The predicted molar refractivity (Wildman–Crippen MR) is 207 cm³/mol. The Labute approximate surface area is 291 Å². The number of benzene rings is 2. The number of pyridine rings is 4. The summed E-state index contributed by atoms with van der Waals surface area (Å²) < 4.78 is 0. The summed E-state index contributed by atoms with van der Waals surface area (Å²) in [7, 11) is -2.92. The summed E-state index contributed by atoms with van der Waals surface area (Å²) in [5, 5.41) is 2.38. The van der Waals surface area contributed by atoms with Crippen molar-refractivity contribution in [3.8, 4) is 22.8 Å². The lowest BCUT2D eigenvalue weighted by atomic mass is 9.90. The van der Waals surface area contributed by atoms with Gasteiger partial charge in [0.2, 0.25) is 0 Å². The molecule has 242 valence electrons. The third-order valence-electron chi connectivity index (χ3n) is 9.74. The van der Waals surface area contributed by atoms with Crippen molar-refractivity contribution in [2.75, 3.05) is 0 Å². The first-order chi connectivity index (χ1) is 23.6. The fourth-order valence-corrected chi connectivity index (χ4v) is 16.1. The van der Waals surface area contributed by atoms with Crippen molar-refractivity contribution >= 4 is 29.6 Å². The Balaban J connectivity index is 1.67. The molecule has 7 rings (SSSR count). The van der Waals surface area contributed by atoms with Crippen LogP contribution in [0.2, 0.25) is 10.1 Å². The molecule has 0 amide bonds. The highest BCUT2D eigenvalue weighted by Crippen LogP contribution is 2.69. The largest absolute Gasteiger partial charge is 0.255 e. The second kappa shape index (κ2) is 12.6. The van der Waals surface area contributed by atoms with E-state index in [0.717, 1.165) is 34.2 Å². The van der Waals surface area contributed by atoms with Crippen molar-refractivity contribution in [1.29, 1.82) is 0 Å². The molecule has 5 heterocycles. The Bertz CT molecular complexity index is 2000. The number of hydrogen-bond donors (Lipinski definition) is 0. The summed E-state index contributed by atoms with van der Waals surface area (Å²) in [6.07, 6.45) is 3.68. The van der Waals surface area contributed by atoms with Crippen molar-refractivity contribution in [2.24, 2.45) is 0 Å². The van der Waals surface area contributed by atoms with E-state index in [1.807, 2.05) is 48.8 Å². The second-order valence-corrected chi connectivity index (χ2v) is 20.2. The van der Waals surface area contributed by atoms with E-state index in [1.165, 1.54) is 32.7 Å². The van der Waals surface area contributed by atoms with Gasteiger partial charge in [0.1, 0.15) is 8.07 Å². The topological polar surface area (TPSA) is 51.6 Å². The van der Waals surface area contributed by atoms with Crippen LogP contribution >= 0.6 is 0 Å². The predicted octanol–water partition coefficient (Wildman–Crippen LogP) is 11.3. The van der Waals surface area contributed by atoms with E-state index >= 15 is 0 Å². The lowest BCUT2D eigenvalue weighted by Crippen LogP contribution is -2.53. The lowest BCUT2D eigenvalue weighted by molar-refractivity contribution is 0.639. The van der Waals surface area contributed by atoms with Gasteiger partial charge in [0.15, 0.2) is 0 Å². The number of rotatable bonds is 6. The zero-order chi connectivity index (χ0) is 34.2. The SMILES string of the molecule is CC(C)(C)[Si]1(C(C)(C)C)C(c2cccc(-c3ccccn3)n2)=C(c2ccccc2)C(c2ccccc2)=C1c1cccc(-c2ccccn2)n1. The van der Waals surface area contributed by atoms with Gasteiger partial charge in [0.05, 0.1) is 34.2 Å². The van der Waals surface area contributed by atoms with E-state index in [9.17, 15) is 0 Å². The summed E-state index contributed by atoms with van der Waals surface area (Å²) >= 11 is 0. The summed E-state index contributed by atoms with van der Waals surface area (Å²) in [5.74, 6) is 0. The molecule has 4 nitrogen and oxygen atoms in total. The van der Waals surface area contributed by atoms with Gasteiger partial charge < -0.3 is 0 Å². The third kappa shape index (κ3) is 5.58. The first kappa shape index (κ1) is 32.3. The van der Waals surface area contributed by atoms with Gasteiger partial charge in [-0.15, -0.1) is 0 Å². The van der Waals surface area contributed by atoms with Gasteiger partial charge in [-0.3, -0.25) is 9.97 Å². The van der Waals surface area contributed by atoms with Crippen molar-refractivity contribution in [1.82, 2.24) is 19.9 Å². The second-order valence-electron chi connectivity index (χ2n) is 14.7. The van der Waals surface area contributed by atoms with Crippen LogP contribution in [0.3, 0.4) is 0 Å². The highest BCUT2D eigenvalue weighted by molar-refractivity contribution is 7.17. The Hall–Kier alpha value is -5.26. The van der Waals surface area contributed by atoms with E-state index in [-0.39, 0.29) is 10.1 Å². The van der Waals surface area contributed by atoms with Gasteiger partial charge in [-0.05, 0) is 91.3 Å². The van der Waals surface area contributed by atoms with Crippen LogP contribution in [0, 0.1) is 0 Å². The van der Waals surface area contributed by atoms with Crippen molar-refractivity contribution in [3.63, 3.8) is 0 Å². The summed E-state index contributed by atoms with van der Waals surface area (Å²) in [6.45, 7) is 14.6. The molecule has 1 aliphatic heterocycles. The van der Waals surface area contributed by atoms with Crippen molar-refractivity contribution in [2.45, 2.75) is 51.6 Å². The van der Waals surface area contributed by atoms with Crippen LogP contribution in [0.4, 0.5) is 0 Å². The van der Waals surface area contributed by atoms with Crippen LogP contribution in [0.15, 0.2) is 146 Å². The molecule has 0 spiro atoms. The molecule has 4 aromatic heterocycles. The first-order valence-electron chi connectivity index (χ1n) is 17.0. The van der Waals surface area contributed by atoms with E-state index < -0.39 is 8.07 Å². The van der Waals surface area contributed by atoms with E-state index in [1.54, 1.807) is 0 Å². The van der Waals surface area contributed by atoms with Crippen LogP contribution in [-0.2, 0) is 0 Å². The monoisotopic (exact) mass is 654 g/mol. The maximum absolute atomic E-state index is 5.50. The molecule has 2 aromatic carbocycles. The molecule has 0 bridgehead atoms. The molecule has 0 radical (unpaired) electrons. The molecule has 0 N–H and O–H groups in total. The van der Waals surface area contributed by atoms with Crippen LogP contribution in [0.1, 0.15) is 64.1 Å². The molecule has 1 aliphatic rings. The van der Waals surface area contributed by atoms with E-state index in [4.69, 9.17) is 19.9 Å². The van der Waals surface area contributed by atoms with E-state index in [2.05, 4.69) is 139 Å². The number of hydrogen-bond acceptors (Lipinski definition) is 4. The van der Waals surface area contributed by atoms with Crippen molar-refractivity contribution in [3.05, 3.63) is 168 Å². The molecule has 0 fully saturated rings. The number of allylic oxidation sites excluding steroid dienone is 2. The highest BCUT2D eigenvalue weighted by atomic mass is 28.3. The van der Waals surface area contributed by atoms with Gasteiger partial charge in [-0.2, -0.15) is 0 Å². The molecule has 0 atom stereocenters. The maximum Gasteiger partial charge on any atom is 0.135 e. The zero-order valence-electron chi connectivity index (χ0n) is 29.1. The summed E-state index contributed by atoms with van der Waals surface area (Å²) in [5.41, 5.74) is 10.3. The molecule has 6 aromatic rings. The molecule has 0 unspecified atom stereocenters. The maximum atomic E-state index is 5.50. The third-order valence-corrected chi connectivity index (χ3v) is 16.8. The first-order valence-corrected chi connectivity index (χ1v) is 19.0. The molecule has 5 heteroatoms. The van der Waals surface area contributed by atoms with Gasteiger partial charge in [0.25, 0.3) is 0 Å². The highest BCUT2D eigenvalue weighted by Gasteiger charge is 2.63. The molecule has 0 saturated heterocycles. The van der Waals surface area contributed by atoms with Crippen LogP contribution in [0.25, 0.3) is 44.3 Å². The van der Waals surface area contributed by atoms with Gasteiger partial charge >= 0.3 is 0 Å². The molecular weight excluding hydrogens is 613 g/mol. The quantitative estimate of drug-likeness (QED) is 0.168. The standard InChI is InChI=1S/C44H42N4Si/c1-43(2,3)49(44(4,5)6)41(37-27-17-25-35(47-37)33-23-13-15-29-45-33)39(31-19-9-7-10-20-31)40(32-21-11-8-12-22-32)42(49)38-28-18-26-36(48-38)34-24-14-16-30-46-34/h7-30H,1-6H3. The smallest absolute Gasteiger partial charge is 0.135 e. The van der Waals surface area contributed by atoms with Crippen LogP contribution in [-0.4, -0.2) is 28.0 Å². The fraction of sp³-hybridized carbons (Fsp3) is 0.182. The average Bonchev–Trinajstić information content (AvgIpc) is 3.48. The summed E-state index contributed by atoms with van der Waals surface area (Å²) in [4.78, 5) is 20.4. The Kier molecular flexibility index (Phi) is 8.33. The number of nitrogens with zero attached hydrogens (tertiary/aromatic N) is 4. The lowest BCUT2D eigenvalue weighted by Gasteiger charge is -2.53. The minimum absolute atomic E-state index is 0.155. The molecule has 0 saturated carbocycles. The fourth-order valence-electron chi connectivity index (χ4n) is 8.26. The minimum atomic E-state index is -2.92. The van der Waals surface area contributed by atoms with Gasteiger partial charge in [0, 0.05) is 12.4 Å². The van der Waals surface area contributed by atoms with Crippen molar-refractivity contribution < 1.29 is 0 Å².